The van der Waals surface area contributed by atoms with Crippen LogP contribution < -0.4 is 5.32 Å². The molecule has 1 saturated heterocycles. The number of rotatable bonds is 3. The van der Waals surface area contributed by atoms with E-state index in [9.17, 15) is 4.79 Å². The lowest BCUT2D eigenvalue weighted by atomic mass is 10.2. The molecule has 0 bridgehead atoms. The average Bonchev–Trinajstić information content (AvgIpc) is 2.84. The van der Waals surface area contributed by atoms with E-state index >= 15 is 0 Å². The second-order valence-corrected chi connectivity index (χ2v) is 5.30. The van der Waals surface area contributed by atoms with E-state index in [-0.39, 0.29) is 5.91 Å². The molecule has 0 spiro atoms. The fourth-order valence-electron chi connectivity index (χ4n) is 2.01. The Hall–Kier alpha value is -0.940. The van der Waals surface area contributed by atoms with Crippen molar-refractivity contribution in [2.45, 2.75) is 25.8 Å². The van der Waals surface area contributed by atoms with Gasteiger partial charge in [-0.3, -0.25) is 4.79 Å². The quantitative estimate of drug-likeness (QED) is 0.864. The van der Waals surface area contributed by atoms with Crippen molar-refractivity contribution >= 4 is 17.2 Å². The van der Waals surface area contributed by atoms with E-state index in [1.165, 1.54) is 24.2 Å². The summed E-state index contributed by atoms with van der Waals surface area (Å²) >= 11 is 1.51. The predicted molar refractivity (Wildman–Crippen MR) is 64.8 cm³/mol. The van der Waals surface area contributed by atoms with Crippen LogP contribution in [0, 0.1) is 6.92 Å². The third-order valence-corrected chi connectivity index (χ3v) is 3.79. The van der Waals surface area contributed by atoms with Crippen molar-refractivity contribution in [2.75, 3.05) is 20.1 Å². The minimum absolute atomic E-state index is 0.0513. The second-order valence-electron chi connectivity index (χ2n) is 4.24. The van der Waals surface area contributed by atoms with Crippen molar-refractivity contribution in [3.8, 4) is 0 Å². The molecule has 0 aliphatic carbocycles. The number of amides is 1. The van der Waals surface area contributed by atoms with Crippen molar-refractivity contribution in [3.05, 3.63) is 16.1 Å². The highest BCUT2D eigenvalue weighted by Gasteiger charge is 2.21. The highest BCUT2D eigenvalue weighted by atomic mass is 32.1. The molecule has 16 heavy (non-hydrogen) atoms. The Balaban J connectivity index is 1.84. The Morgan fingerprint density at radius 2 is 2.56 bits per heavy atom. The van der Waals surface area contributed by atoms with Crippen LogP contribution in [0.4, 0.5) is 0 Å². The van der Waals surface area contributed by atoms with Gasteiger partial charge in [-0.05, 0) is 33.4 Å². The maximum Gasteiger partial charge on any atom is 0.270 e. The van der Waals surface area contributed by atoms with Gasteiger partial charge in [-0.15, -0.1) is 11.3 Å². The van der Waals surface area contributed by atoms with E-state index < -0.39 is 0 Å². The number of carbonyl (C=O) groups excluding carboxylic acids is 1. The standard InChI is InChI=1S/C11H17N3OS/c1-8-13-10(7-16-8)11(15)12-6-9-4-3-5-14(9)2/h7,9H,3-6H2,1-2H3,(H,12,15). The fraction of sp³-hybridized carbons (Fsp3) is 0.636. The van der Waals surface area contributed by atoms with Crippen LogP contribution in [0.25, 0.3) is 0 Å². The third-order valence-electron chi connectivity index (χ3n) is 3.02. The van der Waals surface area contributed by atoms with E-state index in [0.29, 0.717) is 11.7 Å². The van der Waals surface area contributed by atoms with E-state index in [1.807, 2.05) is 12.3 Å². The lowest BCUT2D eigenvalue weighted by Gasteiger charge is -2.19. The van der Waals surface area contributed by atoms with Gasteiger partial charge in [0.25, 0.3) is 5.91 Å². The van der Waals surface area contributed by atoms with Crippen LogP contribution in [0.1, 0.15) is 28.3 Å². The summed E-state index contributed by atoms with van der Waals surface area (Å²) in [6.45, 7) is 3.77. The maximum absolute atomic E-state index is 11.7. The van der Waals surface area contributed by atoms with Crippen LogP contribution in [-0.4, -0.2) is 42.0 Å². The number of aromatic nitrogens is 1. The predicted octanol–water partition coefficient (Wildman–Crippen LogP) is 1.28. The van der Waals surface area contributed by atoms with E-state index in [2.05, 4.69) is 22.2 Å². The summed E-state index contributed by atoms with van der Waals surface area (Å²) in [5.74, 6) is -0.0513. The number of nitrogens with zero attached hydrogens (tertiary/aromatic N) is 2. The van der Waals surface area contributed by atoms with Gasteiger partial charge in [0, 0.05) is 18.0 Å². The molecule has 2 heterocycles. The molecule has 0 saturated carbocycles. The van der Waals surface area contributed by atoms with Crippen molar-refractivity contribution < 1.29 is 4.79 Å². The lowest BCUT2D eigenvalue weighted by molar-refractivity contribution is 0.0939. The molecule has 88 valence electrons. The summed E-state index contributed by atoms with van der Waals surface area (Å²) in [6.07, 6.45) is 2.40. The molecule has 1 aliphatic heterocycles. The van der Waals surface area contributed by atoms with Gasteiger partial charge in [0.2, 0.25) is 0 Å². The molecule has 5 heteroatoms. The summed E-state index contributed by atoms with van der Waals surface area (Å²) in [5, 5.41) is 5.69. The van der Waals surface area contributed by atoms with Gasteiger partial charge in [0.15, 0.2) is 0 Å². The number of thiazole rings is 1. The minimum Gasteiger partial charge on any atom is -0.349 e. The molecule has 2 rings (SSSR count). The van der Waals surface area contributed by atoms with Gasteiger partial charge in [0.1, 0.15) is 5.69 Å². The zero-order valence-corrected chi connectivity index (χ0v) is 10.5. The van der Waals surface area contributed by atoms with Gasteiger partial charge >= 0.3 is 0 Å². The molecule has 1 aromatic heterocycles. The Morgan fingerprint density at radius 1 is 1.75 bits per heavy atom. The molecule has 1 N–H and O–H groups in total. The van der Waals surface area contributed by atoms with Crippen molar-refractivity contribution in [2.24, 2.45) is 0 Å². The summed E-state index contributed by atoms with van der Waals surface area (Å²) in [5.41, 5.74) is 0.545. The fourth-order valence-corrected chi connectivity index (χ4v) is 2.60. The first-order valence-corrected chi connectivity index (χ1v) is 6.45. The molecule has 1 aliphatic rings. The van der Waals surface area contributed by atoms with Gasteiger partial charge in [-0.2, -0.15) is 0 Å². The first-order valence-electron chi connectivity index (χ1n) is 5.57. The Labute approximate surface area is 99.7 Å². The summed E-state index contributed by atoms with van der Waals surface area (Å²) in [7, 11) is 2.11. The van der Waals surface area contributed by atoms with Crippen molar-refractivity contribution in [1.82, 2.24) is 15.2 Å². The lowest BCUT2D eigenvalue weighted by Crippen LogP contribution is -2.38. The highest BCUT2D eigenvalue weighted by molar-refractivity contribution is 7.09. The number of likely N-dealkylation sites (tertiary alicyclic amines) is 1. The van der Waals surface area contributed by atoms with Crippen LogP contribution in [0.2, 0.25) is 0 Å². The van der Waals surface area contributed by atoms with Gasteiger partial charge in [-0.1, -0.05) is 0 Å². The molecular formula is C11H17N3OS. The first kappa shape index (κ1) is 11.5. The number of hydrogen-bond donors (Lipinski definition) is 1. The molecule has 4 nitrogen and oxygen atoms in total. The minimum atomic E-state index is -0.0513. The average molecular weight is 239 g/mol. The van der Waals surface area contributed by atoms with Crippen LogP contribution >= 0.6 is 11.3 Å². The summed E-state index contributed by atoms with van der Waals surface area (Å²) in [4.78, 5) is 18.2. The van der Waals surface area contributed by atoms with Gasteiger partial charge in [-0.25, -0.2) is 4.98 Å². The van der Waals surface area contributed by atoms with Crippen molar-refractivity contribution in [1.29, 1.82) is 0 Å². The molecule has 0 radical (unpaired) electrons. The SMILES string of the molecule is Cc1nc(C(=O)NCC2CCCN2C)cs1. The summed E-state index contributed by atoms with van der Waals surface area (Å²) < 4.78 is 0. The topological polar surface area (TPSA) is 45.2 Å². The number of aryl methyl sites for hydroxylation is 1. The van der Waals surface area contributed by atoms with E-state index in [1.54, 1.807) is 0 Å². The molecular weight excluding hydrogens is 222 g/mol. The Morgan fingerprint density at radius 3 is 3.12 bits per heavy atom. The van der Waals surface area contributed by atoms with Crippen LogP contribution in [-0.2, 0) is 0 Å². The summed E-state index contributed by atoms with van der Waals surface area (Å²) in [6, 6.07) is 0.490. The second kappa shape index (κ2) is 4.93. The molecule has 1 unspecified atom stereocenters. The monoisotopic (exact) mass is 239 g/mol. The Bertz CT molecular complexity index is 377. The van der Waals surface area contributed by atoms with Crippen LogP contribution in [0.15, 0.2) is 5.38 Å². The highest BCUT2D eigenvalue weighted by Crippen LogP contribution is 2.14. The molecule has 1 fully saturated rings. The normalized spacial score (nSPS) is 21.2. The number of nitrogens with one attached hydrogen (secondary N) is 1. The van der Waals surface area contributed by atoms with Crippen molar-refractivity contribution in [3.63, 3.8) is 0 Å². The molecule has 0 aromatic carbocycles. The largest absolute Gasteiger partial charge is 0.349 e. The number of likely N-dealkylation sites (N-methyl/N-ethyl adjacent to an activating group) is 1. The molecule has 1 amide bonds. The molecule has 1 atom stereocenters. The first-order chi connectivity index (χ1) is 7.66. The van der Waals surface area contributed by atoms with Gasteiger partial charge in [0.05, 0.1) is 5.01 Å². The molecule has 1 aromatic rings. The Kier molecular flexibility index (Phi) is 3.56. The van der Waals surface area contributed by atoms with Crippen LogP contribution in [0.3, 0.4) is 0 Å². The van der Waals surface area contributed by atoms with E-state index in [0.717, 1.165) is 18.1 Å². The third kappa shape index (κ3) is 2.59. The van der Waals surface area contributed by atoms with Gasteiger partial charge < -0.3 is 10.2 Å². The number of carbonyl (C=O) groups is 1. The smallest absolute Gasteiger partial charge is 0.270 e. The van der Waals surface area contributed by atoms with E-state index in [4.69, 9.17) is 0 Å². The zero-order valence-electron chi connectivity index (χ0n) is 9.69. The zero-order chi connectivity index (χ0) is 11.5. The van der Waals surface area contributed by atoms with Crippen LogP contribution in [0.5, 0.6) is 0 Å². The maximum atomic E-state index is 11.7. The number of hydrogen-bond acceptors (Lipinski definition) is 4.